The highest BCUT2D eigenvalue weighted by molar-refractivity contribution is 7.09. The topological polar surface area (TPSA) is 71.1 Å². The Hall–Kier alpha value is -2.51. The lowest BCUT2D eigenvalue weighted by atomic mass is 10.0. The molecule has 2 amide bonds. The maximum atomic E-state index is 12.7. The van der Waals surface area contributed by atoms with Crippen LogP contribution in [0.15, 0.2) is 52.7 Å². The number of fused-ring (bicyclic) bond motifs is 1. The zero-order chi connectivity index (χ0) is 17.9. The van der Waals surface area contributed by atoms with Crippen LogP contribution in [0, 0.1) is 0 Å². The molecule has 0 saturated carbocycles. The van der Waals surface area contributed by atoms with Gasteiger partial charge in [0.05, 0.1) is 18.5 Å². The average Bonchev–Trinajstić information content (AvgIpc) is 3.38. The van der Waals surface area contributed by atoms with Crippen molar-refractivity contribution in [2.45, 2.75) is 24.9 Å². The first-order valence-electron chi connectivity index (χ1n) is 8.30. The SMILES string of the molecule is O=C(CC1NC(=O)c2ccccc21)NC(Cc1ccsc1)c1nccs1. The maximum absolute atomic E-state index is 12.7. The van der Waals surface area contributed by atoms with Gasteiger partial charge in [-0.3, -0.25) is 9.59 Å². The first-order valence-corrected chi connectivity index (χ1v) is 10.1. The second kappa shape index (κ2) is 7.39. The number of benzene rings is 1. The Morgan fingerprint density at radius 2 is 2.15 bits per heavy atom. The fourth-order valence-corrected chi connectivity index (χ4v) is 4.54. The first kappa shape index (κ1) is 16.9. The van der Waals surface area contributed by atoms with E-state index in [0.29, 0.717) is 12.0 Å². The molecule has 1 aromatic carbocycles. The van der Waals surface area contributed by atoms with Crippen molar-refractivity contribution in [3.05, 3.63) is 74.4 Å². The molecule has 7 heteroatoms. The van der Waals surface area contributed by atoms with E-state index in [-0.39, 0.29) is 30.3 Å². The van der Waals surface area contributed by atoms with Crippen LogP contribution in [0.25, 0.3) is 0 Å². The van der Waals surface area contributed by atoms with Crippen molar-refractivity contribution in [1.82, 2.24) is 15.6 Å². The summed E-state index contributed by atoms with van der Waals surface area (Å²) < 4.78 is 0. The number of rotatable bonds is 6. The minimum atomic E-state index is -0.281. The predicted molar refractivity (Wildman–Crippen MR) is 102 cm³/mol. The molecule has 1 aliphatic heterocycles. The van der Waals surface area contributed by atoms with Crippen molar-refractivity contribution < 1.29 is 9.59 Å². The van der Waals surface area contributed by atoms with Crippen molar-refractivity contribution in [1.29, 1.82) is 0 Å². The zero-order valence-corrected chi connectivity index (χ0v) is 15.5. The van der Waals surface area contributed by atoms with Gasteiger partial charge in [0.15, 0.2) is 0 Å². The molecule has 0 aliphatic carbocycles. The van der Waals surface area contributed by atoms with Crippen LogP contribution in [-0.2, 0) is 11.2 Å². The summed E-state index contributed by atoms with van der Waals surface area (Å²) >= 11 is 3.17. The normalized spacial score (nSPS) is 16.8. The fraction of sp³-hybridized carbons (Fsp3) is 0.211. The lowest BCUT2D eigenvalue weighted by Crippen LogP contribution is -2.33. The van der Waals surface area contributed by atoms with Gasteiger partial charge in [-0.15, -0.1) is 11.3 Å². The van der Waals surface area contributed by atoms with E-state index in [1.807, 2.05) is 29.0 Å². The number of nitrogens with zero attached hydrogens (tertiary/aromatic N) is 1. The van der Waals surface area contributed by atoms with Crippen LogP contribution >= 0.6 is 22.7 Å². The van der Waals surface area contributed by atoms with Crippen molar-refractivity contribution in [2.75, 3.05) is 0 Å². The van der Waals surface area contributed by atoms with Crippen molar-refractivity contribution in [3.8, 4) is 0 Å². The number of thiazole rings is 1. The summed E-state index contributed by atoms with van der Waals surface area (Å²) in [6.07, 6.45) is 2.67. The number of nitrogens with one attached hydrogen (secondary N) is 2. The van der Waals surface area contributed by atoms with Gasteiger partial charge in [-0.1, -0.05) is 18.2 Å². The van der Waals surface area contributed by atoms with Gasteiger partial charge in [0.1, 0.15) is 5.01 Å². The molecule has 0 spiro atoms. The third-order valence-electron chi connectivity index (χ3n) is 4.38. The highest BCUT2D eigenvalue weighted by atomic mass is 32.1. The molecular formula is C19H17N3O2S2. The number of carbonyl (C=O) groups excluding carboxylic acids is 2. The van der Waals surface area contributed by atoms with Gasteiger partial charge >= 0.3 is 0 Å². The Balaban J connectivity index is 1.46. The standard InChI is InChI=1S/C19H17N3O2S2/c23-17(10-15-13-3-1-2-4-14(13)18(24)22-15)21-16(19-20-6-8-26-19)9-12-5-7-25-11-12/h1-8,11,15-16H,9-10H2,(H,21,23)(H,22,24). The van der Waals surface area contributed by atoms with Gasteiger partial charge < -0.3 is 10.6 Å². The molecule has 0 saturated heterocycles. The number of hydrogen-bond acceptors (Lipinski definition) is 5. The third-order valence-corrected chi connectivity index (χ3v) is 6.00. The summed E-state index contributed by atoms with van der Waals surface area (Å²) in [6.45, 7) is 0. The van der Waals surface area contributed by atoms with Gasteiger partial charge in [-0.2, -0.15) is 11.3 Å². The highest BCUT2D eigenvalue weighted by Gasteiger charge is 2.30. The molecule has 3 aromatic rings. The molecule has 2 unspecified atom stereocenters. The quantitative estimate of drug-likeness (QED) is 0.685. The van der Waals surface area contributed by atoms with E-state index >= 15 is 0 Å². The van der Waals surface area contributed by atoms with Crippen molar-refractivity contribution in [2.24, 2.45) is 0 Å². The molecule has 0 radical (unpaired) electrons. The number of aromatic nitrogens is 1. The molecule has 1 aliphatic rings. The third kappa shape index (κ3) is 3.54. The summed E-state index contributed by atoms with van der Waals surface area (Å²) in [5, 5.41) is 12.9. The van der Waals surface area contributed by atoms with Crippen LogP contribution in [0.4, 0.5) is 0 Å². The van der Waals surface area contributed by atoms with Gasteiger partial charge in [-0.25, -0.2) is 4.98 Å². The van der Waals surface area contributed by atoms with Crippen LogP contribution in [0.5, 0.6) is 0 Å². The summed E-state index contributed by atoms with van der Waals surface area (Å²) in [6, 6.07) is 9.03. The monoisotopic (exact) mass is 383 g/mol. The minimum Gasteiger partial charge on any atom is -0.346 e. The Kier molecular flexibility index (Phi) is 4.81. The summed E-state index contributed by atoms with van der Waals surface area (Å²) in [5.74, 6) is -0.212. The Morgan fingerprint density at radius 3 is 2.92 bits per heavy atom. The van der Waals surface area contributed by atoms with E-state index in [0.717, 1.165) is 10.6 Å². The zero-order valence-electron chi connectivity index (χ0n) is 13.8. The van der Waals surface area contributed by atoms with E-state index < -0.39 is 0 Å². The Morgan fingerprint density at radius 1 is 1.27 bits per heavy atom. The number of carbonyl (C=O) groups is 2. The van der Waals surface area contributed by atoms with Crippen LogP contribution in [0.3, 0.4) is 0 Å². The molecule has 2 N–H and O–H groups in total. The smallest absolute Gasteiger partial charge is 0.252 e. The molecule has 26 heavy (non-hydrogen) atoms. The Bertz CT molecular complexity index is 907. The van der Waals surface area contributed by atoms with Crippen molar-refractivity contribution >= 4 is 34.5 Å². The van der Waals surface area contributed by atoms with Crippen molar-refractivity contribution in [3.63, 3.8) is 0 Å². The van der Waals surface area contributed by atoms with Gasteiger partial charge in [0, 0.05) is 23.6 Å². The van der Waals surface area contributed by atoms with E-state index in [2.05, 4.69) is 27.1 Å². The second-order valence-corrected chi connectivity index (χ2v) is 7.85. The Labute approximate surface area is 159 Å². The lowest BCUT2D eigenvalue weighted by molar-refractivity contribution is -0.122. The molecule has 0 fully saturated rings. The predicted octanol–water partition coefficient (Wildman–Crippen LogP) is 3.48. The summed E-state index contributed by atoms with van der Waals surface area (Å²) in [5.41, 5.74) is 2.71. The molecule has 4 rings (SSSR count). The van der Waals surface area contributed by atoms with Crippen LogP contribution in [0.2, 0.25) is 0 Å². The van der Waals surface area contributed by atoms with E-state index in [9.17, 15) is 9.59 Å². The lowest BCUT2D eigenvalue weighted by Gasteiger charge is -2.18. The van der Waals surface area contributed by atoms with Crippen LogP contribution < -0.4 is 10.6 Å². The van der Waals surface area contributed by atoms with E-state index in [1.54, 1.807) is 23.6 Å². The molecule has 3 heterocycles. The van der Waals surface area contributed by atoms with E-state index in [1.165, 1.54) is 16.9 Å². The van der Waals surface area contributed by atoms with Crippen LogP contribution in [0.1, 0.15) is 45.0 Å². The molecule has 132 valence electrons. The molecule has 5 nitrogen and oxygen atoms in total. The number of thiophene rings is 1. The molecule has 0 bridgehead atoms. The largest absolute Gasteiger partial charge is 0.346 e. The maximum Gasteiger partial charge on any atom is 0.252 e. The van der Waals surface area contributed by atoms with Gasteiger partial charge in [-0.05, 0) is 34.0 Å². The summed E-state index contributed by atoms with van der Waals surface area (Å²) in [7, 11) is 0. The molecule has 2 aromatic heterocycles. The second-order valence-electron chi connectivity index (χ2n) is 6.14. The average molecular weight is 383 g/mol. The van der Waals surface area contributed by atoms with Gasteiger partial charge in [0.25, 0.3) is 5.91 Å². The summed E-state index contributed by atoms with van der Waals surface area (Å²) in [4.78, 5) is 29.1. The molecular weight excluding hydrogens is 366 g/mol. The molecule has 2 atom stereocenters. The first-order chi connectivity index (χ1) is 12.7. The minimum absolute atomic E-state index is 0.0950. The number of hydrogen-bond donors (Lipinski definition) is 2. The van der Waals surface area contributed by atoms with Crippen LogP contribution in [-0.4, -0.2) is 16.8 Å². The highest BCUT2D eigenvalue weighted by Crippen LogP contribution is 2.28. The van der Waals surface area contributed by atoms with E-state index in [4.69, 9.17) is 0 Å². The number of amides is 2. The fourth-order valence-electron chi connectivity index (χ4n) is 3.17. The van der Waals surface area contributed by atoms with Gasteiger partial charge in [0.2, 0.25) is 5.91 Å².